The lowest BCUT2D eigenvalue weighted by atomic mass is 10.2. The van der Waals surface area contributed by atoms with Crippen LogP contribution in [0.1, 0.15) is 11.8 Å². The number of aryl methyl sites for hydroxylation is 1. The molecule has 0 aliphatic heterocycles. The maximum atomic E-state index is 5.44. The van der Waals surface area contributed by atoms with Crippen LogP contribution in [-0.4, -0.2) is 25.0 Å². The van der Waals surface area contributed by atoms with E-state index in [9.17, 15) is 0 Å². The summed E-state index contributed by atoms with van der Waals surface area (Å²) in [5.74, 6) is 2.48. The van der Waals surface area contributed by atoms with Crippen molar-refractivity contribution in [1.82, 2.24) is 25.0 Å². The van der Waals surface area contributed by atoms with Gasteiger partial charge in [-0.2, -0.15) is 0 Å². The van der Waals surface area contributed by atoms with Gasteiger partial charge in [-0.05, 0) is 12.1 Å². The molecule has 0 aliphatic rings. The van der Waals surface area contributed by atoms with E-state index in [0.717, 1.165) is 22.2 Å². The van der Waals surface area contributed by atoms with Gasteiger partial charge in [0.15, 0.2) is 11.0 Å². The molecule has 2 heterocycles. The van der Waals surface area contributed by atoms with Crippen LogP contribution in [0.5, 0.6) is 0 Å². The maximum Gasteiger partial charge on any atom is 0.226 e. The fourth-order valence-corrected chi connectivity index (χ4v) is 3.26. The number of benzene rings is 2. The molecule has 2 aromatic heterocycles. The van der Waals surface area contributed by atoms with Crippen molar-refractivity contribution >= 4 is 11.8 Å². The molecule has 7 heteroatoms. The van der Waals surface area contributed by atoms with Crippen LogP contribution in [0.25, 0.3) is 17.1 Å². The molecule has 2 aromatic carbocycles. The van der Waals surface area contributed by atoms with Gasteiger partial charge in [-0.15, -0.1) is 20.4 Å². The van der Waals surface area contributed by atoms with E-state index in [1.165, 1.54) is 11.8 Å². The van der Waals surface area contributed by atoms with Gasteiger partial charge in [0.05, 0.1) is 5.75 Å². The summed E-state index contributed by atoms with van der Waals surface area (Å²) in [7, 11) is 0. The van der Waals surface area contributed by atoms with Gasteiger partial charge in [-0.1, -0.05) is 60.3 Å². The van der Waals surface area contributed by atoms with E-state index in [-0.39, 0.29) is 0 Å². The van der Waals surface area contributed by atoms with Gasteiger partial charge in [-0.25, -0.2) is 0 Å². The lowest BCUT2D eigenvalue weighted by Gasteiger charge is -2.09. The van der Waals surface area contributed by atoms with Gasteiger partial charge < -0.3 is 4.42 Å². The highest BCUT2D eigenvalue weighted by atomic mass is 32.2. The van der Waals surface area contributed by atoms with E-state index < -0.39 is 0 Å². The van der Waals surface area contributed by atoms with Gasteiger partial charge in [0.25, 0.3) is 0 Å². The molecule has 0 fully saturated rings. The van der Waals surface area contributed by atoms with Crippen LogP contribution in [-0.2, 0) is 5.75 Å². The number of para-hydroxylation sites is 1. The zero-order chi connectivity index (χ0) is 17.1. The highest BCUT2D eigenvalue weighted by Gasteiger charge is 2.16. The smallest absolute Gasteiger partial charge is 0.226 e. The molecule has 0 saturated heterocycles. The molecule has 0 saturated carbocycles. The molecular weight excluding hydrogens is 334 g/mol. The Balaban J connectivity index is 1.73. The van der Waals surface area contributed by atoms with Crippen LogP contribution in [0.2, 0.25) is 0 Å². The summed E-state index contributed by atoms with van der Waals surface area (Å²) < 4.78 is 7.49. The summed E-state index contributed by atoms with van der Waals surface area (Å²) in [6, 6.07) is 20.1. The van der Waals surface area contributed by atoms with Gasteiger partial charge in [-0.3, -0.25) is 4.57 Å². The van der Waals surface area contributed by atoms with E-state index in [0.29, 0.717) is 17.5 Å². The summed E-state index contributed by atoms with van der Waals surface area (Å²) in [5.41, 5.74) is 2.02. The van der Waals surface area contributed by atoms with Crippen molar-refractivity contribution < 1.29 is 4.42 Å². The van der Waals surface area contributed by atoms with Crippen molar-refractivity contribution in [3.05, 3.63) is 72.4 Å². The van der Waals surface area contributed by atoms with E-state index in [2.05, 4.69) is 20.4 Å². The first kappa shape index (κ1) is 15.6. The second-order valence-electron chi connectivity index (χ2n) is 5.35. The van der Waals surface area contributed by atoms with Gasteiger partial charge >= 0.3 is 0 Å². The topological polar surface area (TPSA) is 69.6 Å². The maximum absolute atomic E-state index is 5.44. The quantitative estimate of drug-likeness (QED) is 0.509. The Morgan fingerprint density at radius 2 is 1.60 bits per heavy atom. The molecular formula is C18H15N5OS. The third kappa shape index (κ3) is 3.32. The van der Waals surface area contributed by atoms with Crippen molar-refractivity contribution in [3.63, 3.8) is 0 Å². The molecule has 4 rings (SSSR count). The molecule has 0 atom stereocenters. The molecule has 6 nitrogen and oxygen atoms in total. The Bertz CT molecular complexity index is 966. The lowest BCUT2D eigenvalue weighted by Crippen LogP contribution is -1.99. The summed E-state index contributed by atoms with van der Waals surface area (Å²) in [5, 5.41) is 17.5. The predicted octanol–water partition coefficient (Wildman–Crippen LogP) is 3.92. The number of hydrogen-bond donors (Lipinski definition) is 0. The molecule has 0 unspecified atom stereocenters. The van der Waals surface area contributed by atoms with Gasteiger partial charge in [0, 0.05) is 18.2 Å². The summed E-state index contributed by atoms with van der Waals surface area (Å²) >= 11 is 1.52. The average Bonchev–Trinajstić information content (AvgIpc) is 3.27. The Kier molecular flexibility index (Phi) is 4.30. The Morgan fingerprint density at radius 3 is 2.28 bits per heavy atom. The zero-order valence-corrected chi connectivity index (χ0v) is 14.3. The number of rotatable bonds is 5. The van der Waals surface area contributed by atoms with Crippen LogP contribution >= 0.6 is 11.8 Å². The standard InChI is InChI=1S/C18H15N5OS/c1-13-19-20-16(24-13)12-25-18-22-21-17(14-8-4-2-5-9-14)23(18)15-10-6-3-7-11-15/h2-11H,12H2,1H3. The van der Waals surface area contributed by atoms with Crippen molar-refractivity contribution in [2.24, 2.45) is 0 Å². The molecule has 124 valence electrons. The largest absolute Gasteiger partial charge is 0.425 e. The van der Waals surface area contributed by atoms with Crippen LogP contribution in [0.3, 0.4) is 0 Å². The Labute approximate surface area is 148 Å². The number of aromatic nitrogens is 5. The molecule has 0 radical (unpaired) electrons. The zero-order valence-electron chi connectivity index (χ0n) is 13.5. The van der Waals surface area contributed by atoms with E-state index >= 15 is 0 Å². The molecule has 0 amide bonds. The minimum Gasteiger partial charge on any atom is -0.425 e. The van der Waals surface area contributed by atoms with E-state index in [4.69, 9.17) is 4.42 Å². The highest BCUT2D eigenvalue weighted by molar-refractivity contribution is 7.98. The lowest BCUT2D eigenvalue weighted by molar-refractivity contribution is 0.485. The van der Waals surface area contributed by atoms with Gasteiger partial charge in [0.2, 0.25) is 11.8 Å². The molecule has 0 bridgehead atoms. The number of hydrogen-bond acceptors (Lipinski definition) is 6. The predicted molar refractivity (Wildman–Crippen MR) is 95.4 cm³/mol. The molecule has 25 heavy (non-hydrogen) atoms. The minimum absolute atomic E-state index is 0.542. The van der Waals surface area contributed by atoms with Crippen molar-refractivity contribution in [2.45, 2.75) is 17.8 Å². The van der Waals surface area contributed by atoms with Crippen LogP contribution < -0.4 is 0 Å². The van der Waals surface area contributed by atoms with Crippen molar-refractivity contribution in [2.75, 3.05) is 0 Å². The second kappa shape index (κ2) is 6.90. The third-order valence-electron chi connectivity index (χ3n) is 3.57. The summed E-state index contributed by atoms with van der Waals surface area (Å²) in [4.78, 5) is 0. The molecule has 4 aromatic rings. The Hall–Kier alpha value is -2.93. The number of nitrogens with zero attached hydrogens (tertiary/aromatic N) is 5. The summed E-state index contributed by atoms with van der Waals surface area (Å²) in [6.45, 7) is 1.78. The summed E-state index contributed by atoms with van der Waals surface area (Å²) in [6.07, 6.45) is 0. The van der Waals surface area contributed by atoms with Gasteiger partial charge in [0.1, 0.15) is 0 Å². The first-order valence-electron chi connectivity index (χ1n) is 7.79. The van der Waals surface area contributed by atoms with Crippen molar-refractivity contribution in [1.29, 1.82) is 0 Å². The monoisotopic (exact) mass is 349 g/mol. The minimum atomic E-state index is 0.542. The second-order valence-corrected chi connectivity index (χ2v) is 6.29. The normalized spacial score (nSPS) is 10.9. The van der Waals surface area contributed by atoms with Crippen molar-refractivity contribution in [3.8, 4) is 17.1 Å². The third-order valence-corrected chi connectivity index (χ3v) is 4.49. The van der Waals surface area contributed by atoms with Crippen LogP contribution in [0, 0.1) is 6.92 Å². The number of thioether (sulfide) groups is 1. The fourth-order valence-electron chi connectivity index (χ4n) is 2.47. The molecule has 0 spiro atoms. The molecule has 0 N–H and O–H groups in total. The Morgan fingerprint density at radius 1 is 0.880 bits per heavy atom. The SMILES string of the molecule is Cc1nnc(CSc2nnc(-c3ccccc3)n2-c2ccccc2)o1. The van der Waals surface area contributed by atoms with E-state index in [1.54, 1.807) is 6.92 Å². The average molecular weight is 349 g/mol. The molecule has 0 aliphatic carbocycles. The van der Waals surface area contributed by atoms with Crippen LogP contribution in [0.4, 0.5) is 0 Å². The first-order chi connectivity index (χ1) is 12.3. The highest BCUT2D eigenvalue weighted by Crippen LogP contribution is 2.29. The first-order valence-corrected chi connectivity index (χ1v) is 8.78. The van der Waals surface area contributed by atoms with E-state index in [1.807, 2.05) is 65.2 Å². The fraction of sp³-hybridized carbons (Fsp3) is 0.111. The van der Waals surface area contributed by atoms with Crippen LogP contribution in [0.15, 0.2) is 70.2 Å².